The van der Waals surface area contributed by atoms with Crippen molar-refractivity contribution in [2.45, 2.75) is 13.5 Å². The molecule has 0 radical (unpaired) electrons. The lowest BCUT2D eigenvalue weighted by molar-refractivity contribution is -0.125. The van der Waals surface area contributed by atoms with E-state index in [-0.39, 0.29) is 12.5 Å². The SMILES string of the molecule is COc1ccccc1CNC(=O)CO/N=C\c1ccc(C)cc1. The Balaban J connectivity index is 1.74. The van der Waals surface area contributed by atoms with Crippen molar-refractivity contribution in [3.8, 4) is 5.75 Å². The maximum Gasteiger partial charge on any atom is 0.261 e. The van der Waals surface area contributed by atoms with Crippen LogP contribution in [0.3, 0.4) is 0 Å². The number of rotatable bonds is 7. The van der Waals surface area contributed by atoms with E-state index in [4.69, 9.17) is 9.57 Å². The first-order valence-corrected chi connectivity index (χ1v) is 7.29. The maximum atomic E-state index is 11.7. The third-order valence-electron chi connectivity index (χ3n) is 3.22. The number of carbonyl (C=O) groups is 1. The van der Waals surface area contributed by atoms with Crippen LogP contribution in [-0.4, -0.2) is 25.8 Å². The summed E-state index contributed by atoms with van der Waals surface area (Å²) in [5.74, 6) is 0.503. The van der Waals surface area contributed by atoms with Crippen molar-refractivity contribution in [1.29, 1.82) is 0 Å². The van der Waals surface area contributed by atoms with Crippen molar-refractivity contribution in [1.82, 2.24) is 5.32 Å². The number of oxime groups is 1. The average molecular weight is 312 g/mol. The summed E-state index contributed by atoms with van der Waals surface area (Å²) in [5.41, 5.74) is 3.01. The van der Waals surface area contributed by atoms with E-state index in [9.17, 15) is 4.79 Å². The molecule has 0 aliphatic rings. The number of benzene rings is 2. The smallest absolute Gasteiger partial charge is 0.261 e. The number of hydrogen-bond donors (Lipinski definition) is 1. The van der Waals surface area contributed by atoms with Crippen LogP contribution < -0.4 is 10.1 Å². The largest absolute Gasteiger partial charge is 0.496 e. The normalized spacial score (nSPS) is 10.5. The quantitative estimate of drug-likeness (QED) is 0.631. The molecule has 0 fully saturated rings. The Bertz CT molecular complexity index is 666. The Kier molecular flexibility index (Phi) is 6.17. The molecule has 120 valence electrons. The zero-order chi connectivity index (χ0) is 16.5. The van der Waals surface area contributed by atoms with Gasteiger partial charge in [-0.15, -0.1) is 0 Å². The van der Waals surface area contributed by atoms with Gasteiger partial charge in [-0.05, 0) is 18.6 Å². The molecule has 2 aromatic rings. The first kappa shape index (κ1) is 16.5. The molecule has 5 heteroatoms. The minimum Gasteiger partial charge on any atom is -0.496 e. The van der Waals surface area contributed by atoms with E-state index in [0.29, 0.717) is 6.54 Å². The van der Waals surface area contributed by atoms with Gasteiger partial charge in [0.2, 0.25) is 0 Å². The van der Waals surface area contributed by atoms with Gasteiger partial charge < -0.3 is 14.9 Å². The van der Waals surface area contributed by atoms with Crippen LogP contribution in [0.25, 0.3) is 0 Å². The molecule has 5 nitrogen and oxygen atoms in total. The summed E-state index contributed by atoms with van der Waals surface area (Å²) in [4.78, 5) is 16.7. The zero-order valence-corrected chi connectivity index (χ0v) is 13.3. The number of para-hydroxylation sites is 1. The minimum atomic E-state index is -0.239. The van der Waals surface area contributed by atoms with E-state index in [1.54, 1.807) is 13.3 Å². The van der Waals surface area contributed by atoms with Crippen molar-refractivity contribution in [2.75, 3.05) is 13.7 Å². The maximum absolute atomic E-state index is 11.7. The number of nitrogens with zero attached hydrogens (tertiary/aromatic N) is 1. The van der Waals surface area contributed by atoms with Gasteiger partial charge in [0.05, 0.1) is 13.3 Å². The van der Waals surface area contributed by atoms with E-state index in [0.717, 1.165) is 16.9 Å². The summed E-state index contributed by atoms with van der Waals surface area (Å²) < 4.78 is 5.23. The van der Waals surface area contributed by atoms with Gasteiger partial charge in [0, 0.05) is 12.1 Å². The minimum absolute atomic E-state index is 0.127. The first-order chi connectivity index (χ1) is 11.2. The van der Waals surface area contributed by atoms with Crippen molar-refractivity contribution in [3.63, 3.8) is 0 Å². The lowest BCUT2D eigenvalue weighted by atomic mass is 10.2. The van der Waals surface area contributed by atoms with Crippen molar-refractivity contribution in [3.05, 3.63) is 65.2 Å². The van der Waals surface area contributed by atoms with Gasteiger partial charge >= 0.3 is 0 Å². The lowest BCUT2D eigenvalue weighted by Crippen LogP contribution is -2.26. The van der Waals surface area contributed by atoms with Crippen LogP contribution in [-0.2, 0) is 16.2 Å². The number of amides is 1. The van der Waals surface area contributed by atoms with E-state index >= 15 is 0 Å². The number of hydrogen-bond acceptors (Lipinski definition) is 4. The Morgan fingerprint density at radius 1 is 1.17 bits per heavy atom. The predicted molar refractivity (Wildman–Crippen MR) is 89.6 cm³/mol. The highest BCUT2D eigenvalue weighted by Crippen LogP contribution is 2.16. The van der Waals surface area contributed by atoms with Crippen LogP contribution in [0, 0.1) is 6.92 Å². The van der Waals surface area contributed by atoms with Gasteiger partial charge in [0.1, 0.15) is 5.75 Å². The second-order valence-electron chi connectivity index (χ2n) is 5.01. The molecule has 0 bridgehead atoms. The summed E-state index contributed by atoms with van der Waals surface area (Å²) in [5, 5.41) is 6.55. The van der Waals surface area contributed by atoms with Gasteiger partial charge in [-0.1, -0.05) is 53.2 Å². The molecule has 0 aliphatic heterocycles. The third-order valence-corrected chi connectivity index (χ3v) is 3.22. The molecule has 2 rings (SSSR count). The fourth-order valence-electron chi connectivity index (χ4n) is 1.94. The molecule has 0 aromatic heterocycles. The van der Waals surface area contributed by atoms with Crippen molar-refractivity contribution in [2.24, 2.45) is 5.16 Å². The molecular weight excluding hydrogens is 292 g/mol. The molecule has 0 saturated heterocycles. The molecule has 1 amide bonds. The van der Waals surface area contributed by atoms with Gasteiger partial charge in [-0.3, -0.25) is 4.79 Å². The standard InChI is InChI=1S/C18H20N2O3/c1-14-7-9-15(10-8-14)11-20-23-13-18(21)19-12-16-5-3-4-6-17(16)22-2/h3-11H,12-13H2,1-2H3,(H,19,21)/b20-11-. The summed E-state index contributed by atoms with van der Waals surface area (Å²) in [6.45, 7) is 2.27. The van der Waals surface area contributed by atoms with Crippen LogP contribution in [0.1, 0.15) is 16.7 Å². The van der Waals surface area contributed by atoms with Crippen LogP contribution >= 0.6 is 0 Å². The average Bonchev–Trinajstić information content (AvgIpc) is 2.58. The fraction of sp³-hybridized carbons (Fsp3) is 0.222. The van der Waals surface area contributed by atoms with E-state index in [1.165, 1.54) is 5.56 Å². The molecule has 1 N–H and O–H groups in total. The lowest BCUT2D eigenvalue weighted by Gasteiger charge is -2.08. The highest BCUT2D eigenvalue weighted by Gasteiger charge is 2.05. The number of nitrogens with one attached hydrogen (secondary N) is 1. The molecule has 0 aliphatic carbocycles. The summed E-state index contributed by atoms with van der Waals surface area (Å²) in [6.07, 6.45) is 1.58. The topological polar surface area (TPSA) is 59.9 Å². The van der Waals surface area contributed by atoms with E-state index < -0.39 is 0 Å². The molecular formula is C18H20N2O3. The second-order valence-corrected chi connectivity index (χ2v) is 5.01. The van der Waals surface area contributed by atoms with Gasteiger partial charge in [-0.25, -0.2) is 0 Å². The molecule has 0 saturated carbocycles. The van der Waals surface area contributed by atoms with Crippen LogP contribution in [0.5, 0.6) is 5.75 Å². The molecule has 0 spiro atoms. The van der Waals surface area contributed by atoms with Crippen LogP contribution in [0.15, 0.2) is 53.7 Å². The van der Waals surface area contributed by atoms with Gasteiger partial charge in [-0.2, -0.15) is 0 Å². The van der Waals surface area contributed by atoms with Crippen LogP contribution in [0.4, 0.5) is 0 Å². The Morgan fingerprint density at radius 2 is 1.91 bits per heavy atom. The number of carbonyl (C=O) groups excluding carboxylic acids is 1. The van der Waals surface area contributed by atoms with Gasteiger partial charge in [0.15, 0.2) is 6.61 Å². The monoisotopic (exact) mass is 312 g/mol. The molecule has 0 atom stereocenters. The highest BCUT2D eigenvalue weighted by atomic mass is 16.6. The Hall–Kier alpha value is -2.82. The van der Waals surface area contributed by atoms with Crippen molar-refractivity contribution < 1.29 is 14.4 Å². The van der Waals surface area contributed by atoms with Crippen LogP contribution in [0.2, 0.25) is 0 Å². The second kappa shape index (κ2) is 8.58. The molecule has 0 heterocycles. The Labute approximate surface area is 135 Å². The summed E-state index contributed by atoms with van der Waals surface area (Å²) >= 11 is 0. The summed E-state index contributed by atoms with van der Waals surface area (Å²) in [7, 11) is 1.60. The Morgan fingerprint density at radius 3 is 2.65 bits per heavy atom. The fourth-order valence-corrected chi connectivity index (χ4v) is 1.94. The third kappa shape index (κ3) is 5.47. The summed E-state index contributed by atoms with van der Waals surface area (Å²) in [6, 6.07) is 15.4. The van der Waals surface area contributed by atoms with E-state index in [2.05, 4.69) is 10.5 Å². The molecule has 23 heavy (non-hydrogen) atoms. The highest BCUT2D eigenvalue weighted by molar-refractivity contribution is 5.79. The number of methoxy groups -OCH3 is 1. The zero-order valence-electron chi connectivity index (χ0n) is 13.3. The molecule has 0 unspecified atom stereocenters. The predicted octanol–water partition coefficient (Wildman–Crippen LogP) is 2.67. The first-order valence-electron chi connectivity index (χ1n) is 7.29. The number of ether oxygens (including phenoxy) is 1. The van der Waals surface area contributed by atoms with E-state index in [1.807, 2.05) is 55.5 Å². The molecule has 2 aromatic carbocycles. The van der Waals surface area contributed by atoms with Gasteiger partial charge in [0.25, 0.3) is 5.91 Å². The van der Waals surface area contributed by atoms with Crippen molar-refractivity contribution >= 4 is 12.1 Å². The number of aryl methyl sites for hydroxylation is 1.